The van der Waals surface area contributed by atoms with Gasteiger partial charge in [0.15, 0.2) is 11.5 Å². The Morgan fingerprint density at radius 2 is 1.97 bits per heavy atom. The molecule has 166 valence electrons. The van der Waals surface area contributed by atoms with Crippen molar-refractivity contribution in [3.05, 3.63) is 90.8 Å². The van der Waals surface area contributed by atoms with Crippen LogP contribution in [0.2, 0.25) is 0 Å². The second kappa shape index (κ2) is 10.6. The summed E-state index contributed by atoms with van der Waals surface area (Å²) < 4.78 is 38.1. The predicted octanol–water partition coefficient (Wildman–Crippen LogP) is 3.39. The third-order valence-electron chi connectivity index (χ3n) is 4.36. The lowest BCUT2D eigenvalue weighted by molar-refractivity contribution is 0.102. The summed E-state index contributed by atoms with van der Waals surface area (Å²) in [6.45, 7) is 3.85. The highest BCUT2D eigenvalue weighted by Crippen LogP contribution is 2.31. The van der Waals surface area contributed by atoms with Crippen molar-refractivity contribution in [2.24, 2.45) is 0 Å². The molecule has 3 rings (SSSR count). The van der Waals surface area contributed by atoms with Crippen molar-refractivity contribution in [3.63, 3.8) is 0 Å². The van der Waals surface area contributed by atoms with Crippen LogP contribution in [0.1, 0.15) is 15.9 Å². The van der Waals surface area contributed by atoms with E-state index >= 15 is 0 Å². The van der Waals surface area contributed by atoms with Crippen LogP contribution >= 0.6 is 0 Å². The van der Waals surface area contributed by atoms with Gasteiger partial charge in [-0.05, 0) is 36.4 Å². The van der Waals surface area contributed by atoms with Gasteiger partial charge in [-0.3, -0.25) is 9.78 Å². The highest BCUT2D eigenvalue weighted by molar-refractivity contribution is 7.89. The third kappa shape index (κ3) is 5.93. The molecule has 2 N–H and O–H groups in total. The standard InChI is InChI=1S/C23H23N3O5S/c1-3-11-25-32(28,29)20-8-4-7-18(13-20)23(27)26-19-9-10-21(30-2)22(14-19)31-16-17-6-5-12-24-15-17/h3-10,12-15,25H,1,11,16H2,2H3,(H,26,27). The number of rotatable bonds is 10. The first-order chi connectivity index (χ1) is 15.4. The zero-order valence-electron chi connectivity index (χ0n) is 17.4. The number of carbonyl (C=O) groups excluding carboxylic acids is 1. The van der Waals surface area contributed by atoms with Gasteiger partial charge >= 0.3 is 0 Å². The molecule has 9 heteroatoms. The molecule has 0 radical (unpaired) electrons. The van der Waals surface area contributed by atoms with Gasteiger partial charge in [-0.25, -0.2) is 13.1 Å². The van der Waals surface area contributed by atoms with E-state index in [1.54, 1.807) is 30.6 Å². The Morgan fingerprint density at radius 1 is 1.12 bits per heavy atom. The van der Waals surface area contributed by atoms with Gasteiger partial charge in [-0.2, -0.15) is 0 Å². The largest absolute Gasteiger partial charge is 0.493 e. The van der Waals surface area contributed by atoms with Crippen LogP contribution in [0.5, 0.6) is 11.5 Å². The number of sulfonamides is 1. The van der Waals surface area contributed by atoms with Crippen molar-refractivity contribution < 1.29 is 22.7 Å². The van der Waals surface area contributed by atoms with Gasteiger partial charge in [0.1, 0.15) is 6.61 Å². The minimum Gasteiger partial charge on any atom is -0.493 e. The van der Waals surface area contributed by atoms with Gasteiger partial charge in [-0.15, -0.1) is 6.58 Å². The van der Waals surface area contributed by atoms with E-state index in [4.69, 9.17) is 9.47 Å². The third-order valence-corrected chi connectivity index (χ3v) is 5.78. The number of ether oxygens (including phenoxy) is 2. The van der Waals surface area contributed by atoms with E-state index in [1.807, 2.05) is 12.1 Å². The molecule has 2 aromatic carbocycles. The number of methoxy groups -OCH3 is 1. The van der Waals surface area contributed by atoms with Crippen molar-refractivity contribution in [2.45, 2.75) is 11.5 Å². The number of hydrogen-bond acceptors (Lipinski definition) is 6. The van der Waals surface area contributed by atoms with Crippen molar-refractivity contribution in [1.29, 1.82) is 0 Å². The molecule has 0 unspecified atom stereocenters. The molecule has 0 spiro atoms. The Balaban J connectivity index is 1.76. The predicted molar refractivity (Wildman–Crippen MR) is 121 cm³/mol. The number of nitrogens with zero attached hydrogens (tertiary/aromatic N) is 1. The van der Waals surface area contributed by atoms with Crippen molar-refractivity contribution in [1.82, 2.24) is 9.71 Å². The molecule has 0 fully saturated rings. The van der Waals surface area contributed by atoms with Gasteiger partial charge in [0.05, 0.1) is 12.0 Å². The summed E-state index contributed by atoms with van der Waals surface area (Å²) in [7, 11) is -2.22. The number of benzene rings is 2. The normalized spacial score (nSPS) is 10.9. The summed E-state index contributed by atoms with van der Waals surface area (Å²) >= 11 is 0. The summed E-state index contributed by atoms with van der Waals surface area (Å²) in [5, 5.41) is 2.75. The van der Waals surface area contributed by atoms with E-state index in [0.717, 1.165) is 5.56 Å². The fourth-order valence-electron chi connectivity index (χ4n) is 2.77. The fourth-order valence-corrected chi connectivity index (χ4v) is 3.82. The number of aromatic nitrogens is 1. The van der Waals surface area contributed by atoms with Gasteiger partial charge in [0, 0.05) is 41.8 Å². The van der Waals surface area contributed by atoms with Crippen LogP contribution in [0.15, 0.2) is 84.5 Å². The Bertz CT molecular complexity index is 1200. The minimum atomic E-state index is -3.74. The number of nitrogens with one attached hydrogen (secondary N) is 2. The van der Waals surface area contributed by atoms with Crippen LogP contribution in [-0.2, 0) is 16.6 Å². The molecule has 0 saturated heterocycles. The summed E-state index contributed by atoms with van der Waals surface area (Å²) in [5.41, 5.74) is 1.54. The van der Waals surface area contributed by atoms with Crippen LogP contribution in [0.4, 0.5) is 5.69 Å². The number of carbonyl (C=O) groups is 1. The lowest BCUT2D eigenvalue weighted by atomic mass is 10.2. The quantitative estimate of drug-likeness (QED) is 0.456. The van der Waals surface area contributed by atoms with Gasteiger partial charge < -0.3 is 14.8 Å². The molecular formula is C23H23N3O5S. The maximum Gasteiger partial charge on any atom is 0.255 e. The van der Waals surface area contributed by atoms with Crippen molar-refractivity contribution >= 4 is 21.6 Å². The Labute approximate surface area is 187 Å². The molecule has 1 aromatic heterocycles. The maximum absolute atomic E-state index is 12.7. The van der Waals surface area contributed by atoms with Crippen LogP contribution in [-0.4, -0.2) is 33.0 Å². The average molecular weight is 454 g/mol. The second-order valence-electron chi connectivity index (χ2n) is 6.64. The Kier molecular flexibility index (Phi) is 7.58. The van der Waals surface area contributed by atoms with Crippen molar-refractivity contribution in [2.75, 3.05) is 19.0 Å². The van der Waals surface area contributed by atoms with E-state index in [2.05, 4.69) is 21.6 Å². The fraction of sp³-hybridized carbons (Fsp3) is 0.130. The molecule has 8 nitrogen and oxygen atoms in total. The number of amides is 1. The molecule has 0 bridgehead atoms. The smallest absolute Gasteiger partial charge is 0.255 e. The number of anilines is 1. The first-order valence-electron chi connectivity index (χ1n) is 9.64. The molecular weight excluding hydrogens is 430 g/mol. The van der Waals surface area contributed by atoms with Gasteiger partial charge in [0.2, 0.25) is 10.0 Å². The lowest BCUT2D eigenvalue weighted by Crippen LogP contribution is -2.24. The lowest BCUT2D eigenvalue weighted by Gasteiger charge is -2.13. The number of pyridine rings is 1. The van der Waals surface area contributed by atoms with Gasteiger partial charge in [0.25, 0.3) is 5.91 Å². The van der Waals surface area contributed by atoms with Crippen LogP contribution < -0.4 is 19.5 Å². The van der Waals surface area contributed by atoms with Gasteiger partial charge in [-0.1, -0.05) is 18.2 Å². The second-order valence-corrected chi connectivity index (χ2v) is 8.41. The molecule has 1 heterocycles. The summed E-state index contributed by atoms with van der Waals surface area (Å²) in [6.07, 6.45) is 4.81. The molecule has 0 saturated carbocycles. The Hall–Kier alpha value is -3.69. The zero-order valence-corrected chi connectivity index (χ0v) is 18.3. The van der Waals surface area contributed by atoms with E-state index in [1.165, 1.54) is 37.5 Å². The minimum absolute atomic E-state index is 0.0118. The molecule has 0 aliphatic rings. The van der Waals surface area contributed by atoms with E-state index in [0.29, 0.717) is 17.2 Å². The summed E-state index contributed by atoms with van der Waals surface area (Å²) in [4.78, 5) is 16.8. The molecule has 3 aromatic rings. The SMILES string of the molecule is C=CCNS(=O)(=O)c1cccc(C(=O)Nc2ccc(OC)c(OCc3cccnc3)c2)c1. The van der Waals surface area contributed by atoms with Crippen LogP contribution in [0, 0.1) is 0 Å². The summed E-state index contributed by atoms with van der Waals surface area (Å²) in [6, 6.07) is 14.4. The highest BCUT2D eigenvalue weighted by atomic mass is 32.2. The molecule has 0 aliphatic carbocycles. The van der Waals surface area contributed by atoms with Crippen molar-refractivity contribution in [3.8, 4) is 11.5 Å². The average Bonchev–Trinajstić information content (AvgIpc) is 2.82. The molecule has 0 aliphatic heterocycles. The molecule has 0 atom stereocenters. The topological polar surface area (TPSA) is 107 Å². The van der Waals surface area contributed by atoms with Crippen LogP contribution in [0.25, 0.3) is 0 Å². The Morgan fingerprint density at radius 3 is 2.69 bits per heavy atom. The van der Waals surface area contributed by atoms with Crippen LogP contribution in [0.3, 0.4) is 0 Å². The zero-order chi connectivity index (χ0) is 23.0. The molecule has 1 amide bonds. The first kappa shape index (κ1) is 23.0. The number of hydrogen-bond donors (Lipinski definition) is 2. The van der Waals surface area contributed by atoms with E-state index < -0.39 is 15.9 Å². The van der Waals surface area contributed by atoms with E-state index in [-0.39, 0.29) is 23.6 Å². The highest BCUT2D eigenvalue weighted by Gasteiger charge is 2.16. The monoisotopic (exact) mass is 453 g/mol. The maximum atomic E-state index is 12.7. The first-order valence-corrected chi connectivity index (χ1v) is 11.1. The summed E-state index contributed by atoms with van der Waals surface area (Å²) in [5.74, 6) is 0.488. The van der Waals surface area contributed by atoms with E-state index in [9.17, 15) is 13.2 Å². The molecule has 32 heavy (non-hydrogen) atoms.